The number of phenols is 3. The first-order valence-corrected chi connectivity index (χ1v) is 12.9. The number of aromatic hydroxyl groups is 3. The predicted octanol–water partition coefficient (Wildman–Crippen LogP) is 4.52. The summed E-state index contributed by atoms with van der Waals surface area (Å²) in [6.07, 6.45) is -0.276. The first-order valence-electron chi connectivity index (χ1n) is 11.7. The van der Waals surface area contributed by atoms with E-state index in [-0.39, 0.29) is 50.8 Å². The maximum absolute atomic E-state index is 13.8. The number of halogens is 1. The lowest BCUT2D eigenvalue weighted by atomic mass is 9.90. The minimum atomic E-state index is -1.68. The molecular formula is C28H17ClN2O6S. The van der Waals surface area contributed by atoms with E-state index in [2.05, 4.69) is 4.98 Å². The molecule has 0 radical (unpaired) electrons. The number of thioether (sulfide) groups is 1. The predicted molar refractivity (Wildman–Crippen MR) is 145 cm³/mol. The van der Waals surface area contributed by atoms with E-state index in [9.17, 15) is 29.7 Å². The van der Waals surface area contributed by atoms with Crippen LogP contribution in [-0.4, -0.2) is 42.2 Å². The number of β-lactam (4-membered cyclic amide) rings is 1. The molecule has 4 aromatic carbocycles. The van der Waals surface area contributed by atoms with Crippen LogP contribution in [0.1, 0.15) is 5.69 Å². The summed E-state index contributed by atoms with van der Waals surface area (Å²) in [7, 11) is 0. The van der Waals surface area contributed by atoms with Gasteiger partial charge in [-0.25, -0.2) is 0 Å². The quantitative estimate of drug-likeness (QED) is 0.106. The molecule has 188 valence electrons. The van der Waals surface area contributed by atoms with E-state index in [4.69, 9.17) is 11.6 Å². The number of aromatic nitrogens is 1. The van der Waals surface area contributed by atoms with Crippen LogP contribution >= 0.6 is 23.4 Å². The standard InChI is InChI=1S/C28H17ClN2O6S/c29-26-27(37)31(17-10-9-12-5-1-2-6-13(12)21(17)33)28(26)18(32)11-16-25(38-28)24(36)19-20(30-16)23(35)15-8-4-3-7-14(15)22(19)34/h1-10,26,33-35H,11H2,(H,30,36). The van der Waals surface area contributed by atoms with Crippen molar-refractivity contribution in [1.82, 2.24) is 4.98 Å². The van der Waals surface area contributed by atoms with Crippen LogP contribution in [0.4, 0.5) is 5.69 Å². The maximum Gasteiger partial charge on any atom is 0.250 e. The van der Waals surface area contributed by atoms with Crippen molar-refractivity contribution in [3.8, 4) is 17.2 Å². The van der Waals surface area contributed by atoms with Gasteiger partial charge in [0.25, 0.3) is 5.91 Å². The van der Waals surface area contributed by atoms with Crippen molar-refractivity contribution in [1.29, 1.82) is 0 Å². The molecule has 0 saturated carbocycles. The number of rotatable bonds is 1. The van der Waals surface area contributed by atoms with Crippen LogP contribution in [0.3, 0.4) is 0 Å². The van der Waals surface area contributed by atoms with Gasteiger partial charge in [0.15, 0.2) is 16.0 Å². The number of pyridine rings is 1. The zero-order valence-electron chi connectivity index (χ0n) is 19.4. The van der Waals surface area contributed by atoms with Gasteiger partial charge in [0.2, 0.25) is 5.43 Å². The van der Waals surface area contributed by atoms with Gasteiger partial charge in [-0.15, -0.1) is 11.6 Å². The summed E-state index contributed by atoms with van der Waals surface area (Å²) in [5.74, 6) is -1.73. The molecule has 7 rings (SSSR count). The Kier molecular flexibility index (Phi) is 4.62. The summed E-state index contributed by atoms with van der Waals surface area (Å²) in [5, 5.41) is 33.4. The normalized spacial score (nSPS) is 20.9. The van der Waals surface area contributed by atoms with Crippen molar-refractivity contribution >= 4 is 73.2 Å². The molecule has 1 fully saturated rings. The Bertz CT molecular complexity index is 1970. The molecule has 2 unspecified atom stereocenters. The zero-order chi connectivity index (χ0) is 26.5. The molecule has 8 nitrogen and oxygen atoms in total. The molecule has 0 bridgehead atoms. The molecule has 1 aromatic heterocycles. The molecule has 3 heterocycles. The van der Waals surface area contributed by atoms with Crippen LogP contribution in [0.25, 0.3) is 32.4 Å². The van der Waals surface area contributed by atoms with Gasteiger partial charge in [-0.05, 0) is 11.5 Å². The van der Waals surface area contributed by atoms with Crippen molar-refractivity contribution in [2.75, 3.05) is 4.90 Å². The smallest absolute Gasteiger partial charge is 0.250 e. The fourth-order valence-electron chi connectivity index (χ4n) is 5.51. The van der Waals surface area contributed by atoms with Crippen molar-refractivity contribution in [3.05, 3.63) is 76.6 Å². The van der Waals surface area contributed by atoms with Crippen LogP contribution in [0.5, 0.6) is 17.2 Å². The lowest BCUT2D eigenvalue weighted by Crippen LogP contribution is -2.75. The molecular weight excluding hydrogens is 528 g/mol. The number of nitrogens with one attached hydrogen (secondary N) is 1. The molecule has 10 heteroatoms. The Morgan fingerprint density at radius 1 is 0.868 bits per heavy atom. The third kappa shape index (κ3) is 2.69. The minimum absolute atomic E-state index is 0.0189. The topological polar surface area (TPSA) is 131 Å². The Morgan fingerprint density at radius 2 is 1.53 bits per heavy atom. The number of nitrogens with zero attached hydrogens (tertiary/aromatic N) is 1. The second kappa shape index (κ2) is 7.66. The molecule has 1 amide bonds. The number of phenolic OH excluding ortho intramolecular Hbond substituents is 3. The second-order valence-electron chi connectivity index (χ2n) is 9.34. The largest absolute Gasteiger partial charge is 0.506 e. The van der Waals surface area contributed by atoms with Gasteiger partial charge in [-0.2, -0.15) is 0 Å². The van der Waals surface area contributed by atoms with E-state index in [0.717, 1.165) is 22.0 Å². The summed E-state index contributed by atoms with van der Waals surface area (Å²) in [6, 6.07) is 16.9. The SMILES string of the molecule is O=C1C(Cl)C2(Sc3c([nH]c4c(O)c5ccccc5c(O)c4c3=O)CC2=O)N1c1ccc2ccccc2c1O. The van der Waals surface area contributed by atoms with Crippen LogP contribution in [0.2, 0.25) is 0 Å². The maximum atomic E-state index is 13.8. The molecule has 4 N–H and O–H groups in total. The van der Waals surface area contributed by atoms with Gasteiger partial charge >= 0.3 is 0 Å². The van der Waals surface area contributed by atoms with Crippen LogP contribution in [0, 0.1) is 0 Å². The highest BCUT2D eigenvalue weighted by molar-refractivity contribution is 8.02. The Balaban J connectivity index is 1.45. The molecule has 1 spiro atoms. The number of carbonyl (C=O) groups excluding carboxylic acids is 2. The van der Waals surface area contributed by atoms with Crippen molar-refractivity contribution in [3.63, 3.8) is 0 Å². The van der Waals surface area contributed by atoms with Crippen LogP contribution < -0.4 is 10.3 Å². The second-order valence-corrected chi connectivity index (χ2v) is 11.0. The third-order valence-corrected chi connectivity index (χ3v) is 9.60. The number of aromatic amines is 1. The number of fused-ring (bicyclic) bond motifs is 4. The number of Topliss-reactive ketones (excluding diaryl/α,β-unsaturated/α-hetero) is 1. The third-order valence-electron chi connectivity index (χ3n) is 7.37. The first kappa shape index (κ1) is 22.9. The highest BCUT2D eigenvalue weighted by Gasteiger charge is 2.67. The number of amides is 1. The van der Waals surface area contributed by atoms with Crippen molar-refractivity contribution in [2.24, 2.45) is 0 Å². The lowest BCUT2D eigenvalue weighted by molar-refractivity contribution is -0.133. The van der Waals surface area contributed by atoms with Gasteiger partial charge in [-0.3, -0.25) is 19.3 Å². The fourth-order valence-corrected chi connectivity index (χ4v) is 7.38. The molecule has 2 atom stereocenters. The summed E-state index contributed by atoms with van der Waals surface area (Å²) < 4.78 is 0. The summed E-state index contributed by atoms with van der Waals surface area (Å²) in [4.78, 5) is 43.1. The Hall–Kier alpha value is -4.21. The van der Waals surface area contributed by atoms with Gasteiger partial charge in [0.1, 0.15) is 17.2 Å². The van der Waals surface area contributed by atoms with Gasteiger partial charge in [0.05, 0.1) is 27.9 Å². The van der Waals surface area contributed by atoms with Crippen molar-refractivity contribution in [2.45, 2.75) is 21.6 Å². The first-order chi connectivity index (χ1) is 18.3. The van der Waals surface area contributed by atoms with Gasteiger partial charge < -0.3 is 20.3 Å². The summed E-state index contributed by atoms with van der Waals surface area (Å²) in [5.41, 5.74) is -0.224. The number of carbonyl (C=O) groups is 2. The molecule has 2 aliphatic rings. The number of anilines is 1. The number of benzene rings is 4. The molecule has 38 heavy (non-hydrogen) atoms. The van der Waals surface area contributed by atoms with Gasteiger partial charge in [0, 0.05) is 21.9 Å². The summed E-state index contributed by atoms with van der Waals surface area (Å²) in [6.45, 7) is 0. The minimum Gasteiger partial charge on any atom is -0.506 e. The molecule has 0 aliphatic carbocycles. The average Bonchev–Trinajstić information content (AvgIpc) is 2.93. The molecule has 2 aliphatic heterocycles. The molecule has 5 aromatic rings. The monoisotopic (exact) mass is 544 g/mol. The number of ketones is 1. The zero-order valence-corrected chi connectivity index (χ0v) is 20.9. The highest BCUT2D eigenvalue weighted by atomic mass is 35.5. The van der Waals surface area contributed by atoms with Crippen molar-refractivity contribution < 1.29 is 24.9 Å². The Labute approximate surface area is 223 Å². The Morgan fingerprint density at radius 3 is 2.26 bits per heavy atom. The fraction of sp³-hybridized carbons (Fsp3) is 0.107. The van der Waals surface area contributed by atoms with Crippen LogP contribution in [0.15, 0.2) is 70.4 Å². The number of hydrogen-bond donors (Lipinski definition) is 4. The highest BCUT2D eigenvalue weighted by Crippen LogP contribution is 2.56. The summed E-state index contributed by atoms with van der Waals surface area (Å²) >= 11 is 7.32. The van der Waals surface area contributed by atoms with E-state index in [0.29, 0.717) is 16.2 Å². The molecule has 1 saturated heterocycles. The van der Waals surface area contributed by atoms with E-state index < -0.39 is 27.4 Å². The van der Waals surface area contributed by atoms with E-state index in [1.807, 2.05) is 12.1 Å². The van der Waals surface area contributed by atoms with Gasteiger partial charge in [-0.1, -0.05) is 66.4 Å². The number of hydrogen-bond acceptors (Lipinski definition) is 7. The van der Waals surface area contributed by atoms with E-state index in [1.54, 1.807) is 48.5 Å². The number of H-pyrrole nitrogens is 1. The van der Waals surface area contributed by atoms with E-state index >= 15 is 0 Å². The van der Waals surface area contributed by atoms with E-state index in [1.165, 1.54) is 0 Å². The van der Waals surface area contributed by atoms with Crippen LogP contribution in [-0.2, 0) is 16.0 Å². The lowest BCUT2D eigenvalue weighted by Gasteiger charge is -2.54. The number of alkyl halides is 1. The average molecular weight is 545 g/mol.